The fourth-order valence-electron chi connectivity index (χ4n) is 3.87. The molecular weight excluding hydrogens is 354 g/mol. The van der Waals surface area contributed by atoms with Crippen molar-refractivity contribution >= 4 is 17.5 Å². The largest absolute Gasteiger partial charge is 0.482 e. The Morgan fingerprint density at radius 2 is 1.86 bits per heavy atom. The van der Waals surface area contributed by atoms with Crippen molar-refractivity contribution in [3.63, 3.8) is 0 Å². The van der Waals surface area contributed by atoms with Gasteiger partial charge in [0.05, 0.1) is 11.7 Å². The lowest BCUT2D eigenvalue weighted by Crippen LogP contribution is -2.41. The molecule has 0 bridgehead atoms. The Balaban J connectivity index is 1.51. The minimum Gasteiger partial charge on any atom is -0.482 e. The van der Waals surface area contributed by atoms with E-state index in [0.717, 1.165) is 18.5 Å². The van der Waals surface area contributed by atoms with Gasteiger partial charge in [0.15, 0.2) is 6.61 Å². The summed E-state index contributed by atoms with van der Waals surface area (Å²) in [5.41, 5.74) is 1.42. The molecule has 1 amide bonds. The molecule has 6 nitrogen and oxygen atoms in total. The third-order valence-corrected chi connectivity index (χ3v) is 5.35. The van der Waals surface area contributed by atoms with Gasteiger partial charge in [-0.05, 0) is 37.1 Å². The number of fused-ring (bicyclic) bond motifs is 1. The van der Waals surface area contributed by atoms with E-state index in [9.17, 15) is 9.59 Å². The second-order valence-corrected chi connectivity index (χ2v) is 7.30. The molecule has 1 aliphatic carbocycles. The summed E-state index contributed by atoms with van der Waals surface area (Å²) in [6.07, 6.45) is 7.83. The van der Waals surface area contributed by atoms with Crippen molar-refractivity contribution in [3.8, 4) is 5.75 Å². The second kappa shape index (κ2) is 8.42. The van der Waals surface area contributed by atoms with Crippen LogP contribution in [0.25, 0.3) is 0 Å². The molecule has 0 saturated heterocycles. The molecule has 6 heteroatoms. The maximum absolute atomic E-state index is 12.9. The van der Waals surface area contributed by atoms with Crippen LogP contribution in [0, 0.1) is 0 Å². The van der Waals surface area contributed by atoms with E-state index in [-0.39, 0.29) is 24.8 Å². The Labute approximate surface area is 164 Å². The number of benzene rings is 1. The number of rotatable bonds is 4. The Kier molecular flexibility index (Phi) is 5.55. The number of aromatic nitrogens is 1. The number of amides is 1. The van der Waals surface area contributed by atoms with Crippen molar-refractivity contribution in [2.24, 2.45) is 4.99 Å². The van der Waals surface area contributed by atoms with Gasteiger partial charge in [0.2, 0.25) is 5.91 Å². The highest BCUT2D eigenvalue weighted by Crippen LogP contribution is 2.31. The van der Waals surface area contributed by atoms with E-state index in [2.05, 4.69) is 0 Å². The van der Waals surface area contributed by atoms with Gasteiger partial charge in [0.25, 0.3) is 5.91 Å². The zero-order valence-corrected chi connectivity index (χ0v) is 15.9. The number of ether oxygens (including phenoxy) is 1. The number of anilines is 1. The van der Waals surface area contributed by atoms with Crippen molar-refractivity contribution in [1.29, 1.82) is 0 Å². The normalized spacial score (nSPS) is 17.9. The molecule has 1 aromatic carbocycles. The van der Waals surface area contributed by atoms with E-state index >= 15 is 0 Å². The summed E-state index contributed by atoms with van der Waals surface area (Å²) >= 11 is 0. The average Bonchev–Trinajstić information content (AvgIpc) is 2.74. The first-order valence-corrected chi connectivity index (χ1v) is 9.99. The summed E-state index contributed by atoms with van der Waals surface area (Å²) in [7, 11) is 0. The predicted molar refractivity (Wildman–Crippen MR) is 106 cm³/mol. The minimum absolute atomic E-state index is 0.00590. The first-order chi connectivity index (χ1) is 13.7. The van der Waals surface area contributed by atoms with Crippen LogP contribution in [-0.2, 0) is 4.79 Å². The molecule has 0 atom stereocenters. The van der Waals surface area contributed by atoms with Gasteiger partial charge < -0.3 is 9.64 Å². The molecule has 2 aliphatic rings. The third kappa shape index (κ3) is 4.01. The molecule has 28 heavy (non-hydrogen) atoms. The number of hydrogen-bond donors (Lipinski definition) is 0. The van der Waals surface area contributed by atoms with Crippen LogP contribution in [0.5, 0.6) is 5.75 Å². The van der Waals surface area contributed by atoms with Gasteiger partial charge in [-0.1, -0.05) is 37.5 Å². The standard InChI is InChI=1S/C22H25N3O3/c26-21(13-15-24-18-10-4-5-11-19(18)28-16-22(24)27)25-14-7-6-12-20(25)23-17-8-2-1-3-9-17/h4-7,10-12,14,17H,1-3,8-9,13,15-16H2. The number of hydrogen-bond acceptors (Lipinski definition) is 4. The van der Waals surface area contributed by atoms with E-state index in [4.69, 9.17) is 9.73 Å². The highest BCUT2D eigenvalue weighted by atomic mass is 16.5. The maximum atomic E-state index is 12.9. The molecule has 0 spiro atoms. The molecule has 0 N–H and O–H groups in total. The molecule has 146 valence electrons. The first-order valence-electron chi connectivity index (χ1n) is 9.99. The summed E-state index contributed by atoms with van der Waals surface area (Å²) < 4.78 is 7.08. The number of para-hydroxylation sites is 2. The monoisotopic (exact) mass is 379 g/mol. The highest BCUT2D eigenvalue weighted by molar-refractivity contribution is 5.98. The van der Waals surface area contributed by atoms with Gasteiger partial charge in [0, 0.05) is 19.2 Å². The highest BCUT2D eigenvalue weighted by Gasteiger charge is 2.25. The summed E-state index contributed by atoms with van der Waals surface area (Å²) in [5, 5.41) is 0. The Morgan fingerprint density at radius 3 is 2.71 bits per heavy atom. The van der Waals surface area contributed by atoms with E-state index in [1.54, 1.807) is 15.7 Å². The third-order valence-electron chi connectivity index (χ3n) is 5.35. The zero-order valence-electron chi connectivity index (χ0n) is 15.9. The van der Waals surface area contributed by atoms with E-state index in [0.29, 0.717) is 23.8 Å². The quantitative estimate of drug-likeness (QED) is 0.820. The number of carbonyl (C=O) groups excluding carboxylic acids is 2. The maximum Gasteiger partial charge on any atom is 0.265 e. The molecular formula is C22H25N3O3. The van der Waals surface area contributed by atoms with E-state index in [1.165, 1.54) is 19.3 Å². The fraction of sp³-hybridized carbons (Fsp3) is 0.409. The summed E-state index contributed by atoms with van der Waals surface area (Å²) in [6, 6.07) is 13.4. The van der Waals surface area contributed by atoms with Crippen molar-refractivity contribution in [3.05, 3.63) is 54.1 Å². The van der Waals surface area contributed by atoms with Gasteiger partial charge in [-0.3, -0.25) is 19.1 Å². The van der Waals surface area contributed by atoms with Crippen LogP contribution in [0.4, 0.5) is 5.69 Å². The smallest absolute Gasteiger partial charge is 0.265 e. The lowest BCUT2D eigenvalue weighted by molar-refractivity contribution is -0.121. The van der Waals surface area contributed by atoms with E-state index in [1.807, 2.05) is 42.5 Å². The molecule has 2 aromatic rings. The van der Waals surface area contributed by atoms with Gasteiger partial charge >= 0.3 is 0 Å². The number of pyridine rings is 1. The van der Waals surface area contributed by atoms with E-state index < -0.39 is 0 Å². The molecule has 0 radical (unpaired) electrons. The Hall–Kier alpha value is -2.89. The van der Waals surface area contributed by atoms with Gasteiger partial charge in [-0.2, -0.15) is 0 Å². The van der Waals surface area contributed by atoms with Crippen LogP contribution in [-0.4, -0.2) is 35.6 Å². The lowest BCUT2D eigenvalue weighted by atomic mass is 9.96. The van der Waals surface area contributed by atoms with Crippen LogP contribution in [0.2, 0.25) is 0 Å². The van der Waals surface area contributed by atoms with Gasteiger partial charge in [-0.15, -0.1) is 0 Å². The zero-order chi connectivity index (χ0) is 19.3. The van der Waals surface area contributed by atoms with Gasteiger partial charge in [0.1, 0.15) is 11.2 Å². The molecule has 1 saturated carbocycles. The van der Waals surface area contributed by atoms with Crippen molar-refractivity contribution in [1.82, 2.24) is 4.57 Å². The molecule has 2 heterocycles. The molecule has 1 aromatic heterocycles. The fourth-order valence-corrected chi connectivity index (χ4v) is 3.87. The molecule has 0 unspecified atom stereocenters. The SMILES string of the molecule is O=C1COc2ccccc2N1CCC(=O)n1ccccc1=NC1CCCCC1. The van der Waals surface area contributed by atoms with Crippen LogP contribution in [0.15, 0.2) is 53.7 Å². The Morgan fingerprint density at radius 1 is 1.07 bits per heavy atom. The number of carbonyl (C=O) groups is 2. The topological polar surface area (TPSA) is 63.9 Å². The van der Waals surface area contributed by atoms with Crippen LogP contribution in [0.1, 0.15) is 43.3 Å². The predicted octanol–water partition coefficient (Wildman–Crippen LogP) is 3.18. The Bertz CT molecular complexity index is 928. The second-order valence-electron chi connectivity index (χ2n) is 7.30. The average molecular weight is 379 g/mol. The minimum atomic E-state index is -0.128. The van der Waals surface area contributed by atoms with Gasteiger partial charge in [-0.25, -0.2) is 0 Å². The molecule has 4 rings (SSSR count). The number of nitrogens with zero attached hydrogens (tertiary/aromatic N) is 3. The van der Waals surface area contributed by atoms with Crippen molar-refractivity contribution in [2.75, 3.05) is 18.1 Å². The van der Waals surface area contributed by atoms with Crippen LogP contribution >= 0.6 is 0 Å². The summed E-state index contributed by atoms with van der Waals surface area (Å²) in [6.45, 7) is 0.328. The summed E-state index contributed by atoms with van der Waals surface area (Å²) in [5.74, 6) is 0.485. The van der Waals surface area contributed by atoms with Crippen molar-refractivity contribution < 1.29 is 14.3 Å². The van der Waals surface area contributed by atoms with Crippen LogP contribution in [0.3, 0.4) is 0 Å². The summed E-state index contributed by atoms with van der Waals surface area (Å²) in [4.78, 5) is 31.7. The molecule has 1 fully saturated rings. The van der Waals surface area contributed by atoms with Crippen molar-refractivity contribution in [2.45, 2.75) is 44.6 Å². The van der Waals surface area contributed by atoms with Crippen LogP contribution < -0.4 is 15.1 Å². The first kappa shape index (κ1) is 18.5. The lowest BCUT2D eigenvalue weighted by Gasteiger charge is -2.29. The molecule has 1 aliphatic heterocycles.